The van der Waals surface area contributed by atoms with Gasteiger partial charge in [0.1, 0.15) is 10.9 Å². The lowest BCUT2D eigenvalue weighted by atomic mass is 9.94. The van der Waals surface area contributed by atoms with E-state index in [-0.39, 0.29) is 16.5 Å². The molecule has 1 aromatic carbocycles. The fourth-order valence-electron chi connectivity index (χ4n) is 2.60. The largest absolute Gasteiger partial charge is 0.434 e. The lowest BCUT2D eigenvalue weighted by molar-refractivity contribution is -0.141. The van der Waals surface area contributed by atoms with Crippen molar-refractivity contribution in [2.24, 2.45) is 0 Å². The van der Waals surface area contributed by atoms with E-state index in [0.717, 1.165) is 6.07 Å². The van der Waals surface area contributed by atoms with E-state index in [1.165, 1.54) is 18.5 Å². The number of hydrogen-bond acceptors (Lipinski definition) is 4. The smallest absolute Gasteiger partial charge is 0.334 e. The fraction of sp³-hybridized carbons (Fsp3) is 0.176. The summed E-state index contributed by atoms with van der Waals surface area (Å²) in [6.45, 7) is 0. The molecule has 0 spiro atoms. The second-order valence-corrected chi connectivity index (χ2v) is 9.00. The van der Waals surface area contributed by atoms with Crippen LogP contribution in [0.2, 0.25) is 10.0 Å². The lowest BCUT2D eigenvalue weighted by Gasteiger charge is -2.17. The molecule has 28 heavy (non-hydrogen) atoms. The van der Waals surface area contributed by atoms with Gasteiger partial charge in [-0.2, -0.15) is 13.2 Å². The van der Waals surface area contributed by atoms with Crippen molar-refractivity contribution in [1.82, 2.24) is 15.0 Å². The zero-order chi connectivity index (χ0) is 20.7. The summed E-state index contributed by atoms with van der Waals surface area (Å²) in [7, 11) is -3.09. The van der Waals surface area contributed by atoms with E-state index in [1.807, 2.05) is 0 Å². The summed E-state index contributed by atoms with van der Waals surface area (Å²) in [6.07, 6.45) is -2.29. The first-order chi connectivity index (χ1) is 13.0. The van der Waals surface area contributed by atoms with E-state index < -0.39 is 32.5 Å². The van der Waals surface area contributed by atoms with Crippen LogP contribution >= 0.6 is 23.2 Å². The number of nitrogens with zero attached hydrogens (tertiary/aromatic N) is 2. The number of halogens is 5. The number of nitrogens with one attached hydrogen (secondary N) is 2. The van der Waals surface area contributed by atoms with Crippen LogP contribution in [0.3, 0.4) is 0 Å². The minimum Gasteiger partial charge on any atom is -0.334 e. The van der Waals surface area contributed by atoms with Crippen molar-refractivity contribution in [1.29, 1.82) is 4.78 Å². The van der Waals surface area contributed by atoms with Gasteiger partial charge in [0, 0.05) is 11.3 Å². The minimum absolute atomic E-state index is 0.0348. The van der Waals surface area contributed by atoms with Crippen LogP contribution in [0.25, 0.3) is 0 Å². The molecule has 0 radical (unpaired) electrons. The molecule has 0 amide bonds. The number of imidazole rings is 1. The van der Waals surface area contributed by atoms with Crippen LogP contribution in [0.5, 0.6) is 0 Å². The Labute approximate surface area is 168 Å². The first-order valence-corrected chi connectivity index (χ1v) is 10.5. The predicted molar refractivity (Wildman–Crippen MR) is 100 cm³/mol. The van der Waals surface area contributed by atoms with Gasteiger partial charge in [0.15, 0.2) is 5.69 Å². The zero-order valence-electron chi connectivity index (χ0n) is 14.2. The summed E-state index contributed by atoms with van der Waals surface area (Å²) in [4.78, 5) is 10.6. The number of aromatic amines is 1. The molecule has 2 atom stereocenters. The molecule has 2 N–H and O–H groups in total. The number of pyridine rings is 1. The molecule has 0 saturated heterocycles. The molecule has 0 aliphatic heterocycles. The Balaban J connectivity index is 2.20. The number of H-pyrrole nitrogens is 1. The molecule has 0 bridgehead atoms. The second-order valence-electron chi connectivity index (χ2n) is 6.03. The highest BCUT2D eigenvalue weighted by molar-refractivity contribution is 7.91. The SMILES string of the molecule is CS(=N)(=O)c1cnc(C(c2ccc(Cl)cc2)c2ccc(Cl)c(C(F)(F)F)n2)[nH]1. The standard InChI is InChI=1S/C17H13Cl2F3N4OS/c1-28(23,27)13-8-24-16(26-13)14(9-2-4-10(18)5-3-9)12-7-6-11(19)15(25-12)17(20,21)22/h2-8,14,23H,1H3,(H,24,26). The van der Waals surface area contributed by atoms with Crippen LogP contribution < -0.4 is 0 Å². The average Bonchev–Trinajstić information content (AvgIpc) is 3.07. The Kier molecular flexibility index (Phi) is 5.44. The van der Waals surface area contributed by atoms with Crippen molar-refractivity contribution in [3.05, 3.63) is 75.4 Å². The van der Waals surface area contributed by atoms with Crippen molar-refractivity contribution in [3.8, 4) is 0 Å². The average molecular weight is 449 g/mol. The van der Waals surface area contributed by atoms with Crippen molar-refractivity contribution in [3.63, 3.8) is 0 Å². The molecule has 3 aromatic rings. The van der Waals surface area contributed by atoms with Gasteiger partial charge in [-0.1, -0.05) is 35.3 Å². The van der Waals surface area contributed by atoms with Crippen molar-refractivity contribution >= 4 is 32.9 Å². The van der Waals surface area contributed by atoms with Gasteiger partial charge in [0.25, 0.3) is 0 Å². The lowest BCUT2D eigenvalue weighted by Crippen LogP contribution is -2.14. The van der Waals surface area contributed by atoms with E-state index in [9.17, 15) is 17.4 Å². The molecule has 2 aromatic heterocycles. The molecule has 11 heteroatoms. The zero-order valence-corrected chi connectivity index (χ0v) is 16.5. The van der Waals surface area contributed by atoms with Gasteiger partial charge in [-0.25, -0.2) is 19.0 Å². The normalized spacial score (nSPS) is 15.2. The Morgan fingerprint density at radius 2 is 1.79 bits per heavy atom. The third kappa shape index (κ3) is 4.31. The van der Waals surface area contributed by atoms with Crippen LogP contribution in [0.4, 0.5) is 13.2 Å². The summed E-state index contributed by atoms with van der Waals surface area (Å²) in [6, 6.07) is 8.91. The highest BCUT2D eigenvalue weighted by Crippen LogP contribution is 2.36. The van der Waals surface area contributed by atoms with Gasteiger partial charge < -0.3 is 4.98 Å². The third-order valence-corrected chi connectivity index (χ3v) is 5.50. The number of aromatic nitrogens is 3. The second kappa shape index (κ2) is 7.38. The van der Waals surface area contributed by atoms with Gasteiger partial charge in [0.05, 0.1) is 32.6 Å². The van der Waals surface area contributed by atoms with E-state index in [4.69, 9.17) is 28.0 Å². The predicted octanol–water partition coefficient (Wildman–Crippen LogP) is 5.35. The van der Waals surface area contributed by atoms with Crippen molar-refractivity contribution in [2.75, 3.05) is 6.26 Å². The molecule has 0 saturated carbocycles. The molecule has 2 unspecified atom stereocenters. The van der Waals surface area contributed by atoms with Crippen LogP contribution in [0, 0.1) is 4.78 Å². The van der Waals surface area contributed by atoms with Crippen LogP contribution in [-0.4, -0.2) is 25.4 Å². The number of benzene rings is 1. The van der Waals surface area contributed by atoms with E-state index in [0.29, 0.717) is 10.6 Å². The number of hydrogen-bond donors (Lipinski definition) is 2. The quantitative estimate of drug-likeness (QED) is 0.564. The monoisotopic (exact) mass is 448 g/mol. The van der Waals surface area contributed by atoms with Crippen LogP contribution in [0.1, 0.15) is 28.7 Å². The van der Waals surface area contributed by atoms with E-state index in [2.05, 4.69) is 15.0 Å². The van der Waals surface area contributed by atoms with Gasteiger partial charge in [0.2, 0.25) is 0 Å². The molecule has 0 aliphatic carbocycles. The van der Waals surface area contributed by atoms with Gasteiger partial charge in [-0.15, -0.1) is 0 Å². The van der Waals surface area contributed by atoms with Crippen molar-refractivity contribution < 1.29 is 17.4 Å². The first kappa shape index (κ1) is 20.6. The van der Waals surface area contributed by atoms with Crippen molar-refractivity contribution in [2.45, 2.75) is 17.1 Å². The summed E-state index contributed by atoms with van der Waals surface area (Å²) < 4.78 is 59.4. The topological polar surface area (TPSA) is 82.5 Å². The van der Waals surface area contributed by atoms with Crippen LogP contribution in [-0.2, 0) is 15.9 Å². The maximum Gasteiger partial charge on any atom is 0.434 e. The van der Waals surface area contributed by atoms with Gasteiger partial charge >= 0.3 is 6.18 Å². The van der Waals surface area contributed by atoms with Gasteiger partial charge in [-0.05, 0) is 29.8 Å². The highest BCUT2D eigenvalue weighted by Gasteiger charge is 2.36. The van der Waals surface area contributed by atoms with E-state index in [1.54, 1.807) is 24.3 Å². The summed E-state index contributed by atoms with van der Waals surface area (Å²) in [5, 5.41) is -0.00846. The maximum absolute atomic E-state index is 13.3. The molecular formula is C17H13Cl2F3N4OS. The Morgan fingerprint density at radius 1 is 1.14 bits per heavy atom. The molecule has 148 valence electrons. The Morgan fingerprint density at radius 3 is 2.32 bits per heavy atom. The summed E-state index contributed by atoms with van der Waals surface area (Å²) in [5.41, 5.74) is -0.620. The maximum atomic E-state index is 13.3. The Bertz CT molecular complexity index is 1110. The number of rotatable bonds is 4. The third-order valence-electron chi connectivity index (χ3n) is 3.90. The first-order valence-electron chi connectivity index (χ1n) is 7.74. The fourth-order valence-corrected chi connectivity index (χ4v) is 3.50. The number of alkyl halides is 3. The molecule has 2 heterocycles. The minimum atomic E-state index is -4.73. The molecule has 0 aliphatic rings. The summed E-state index contributed by atoms with van der Waals surface area (Å²) in [5.74, 6) is -0.645. The van der Waals surface area contributed by atoms with E-state index >= 15 is 0 Å². The molecule has 3 rings (SSSR count). The molecular weight excluding hydrogens is 436 g/mol. The van der Waals surface area contributed by atoms with Gasteiger partial charge in [-0.3, -0.25) is 0 Å². The highest BCUT2D eigenvalue weighted by atomic mass is 35.5. The van der Waals surface area contributed by atoms with Crippen LogP contribution in [0.15, 0.2) is 47.6 Å². The summed E-state index contributed by atoms with van der Waals surface area (Å²) >= 11 is 11.6. The Hall–Kier alpha value is -2.10. The molecule has 0 fully saturated rings. The molecule has 5 nitrogen and oxygen atoms in total.